The van der Waals surface area contributed by atoms with E-state index in [1.54, 1.807) is 0 Å². The molecule has 0 bridgehead atoms. The van der Waals surface area contributed by atoms with E-state index in [0.717, 1.165) is 25.3 Å². The second kappa shape index (κ2) is 5.58. The summed E-state index contributed by atoms with van der Waals surface area (Å²) in [6.45, 7) is 5.87. The van der Waals surface area contributed by atoms with Crippen LogP contribution in [0.4, 0.5) is 0 Å². The molecule has 0 unspecified atom stereocenters. The Balaban J connectivity index is 2.24. The molecule has 2 heteroatoms. The first-order chi connectivity index (χ1) is 8.35. The summed E-state index contributed by atoms with van der Waals surface area (Å²) >= 11 is 0. The molecule has 1 heterocycles. The van der Waals surface area contributed by atoms with Gasteiger partial charge in [-0.15, -0.1) is 0 Å². The molecule has 0 spiro atoms. The highest BCUT2D eigenvalue weighted by molar-refractivity contribution is 5.81. The highest BCUT2D eigenvalue weighted by Gasteiger charge is 2.01. The normalized spacial score (nSPS) is 11.4. The van der Waals surface area contributed by atoms with E-state index < -0.39 is 0 Å². The lowest BCUT2D eigenvalue weighted by Gasteiger charge is -2.05. The fourth-order valence-corrected chi connectivity index (χ4v) is 1.87. The minimum atomic E-state index is 0.783. The zero-order chi connectivity index (χ0) is 12.1. The van der Waals surface area contributed by atoms with Gasteiger partial charge in [0.2, 0.25) is 0 Å². The maximum Gasteiger partial charge on any atom is 0.120 e. The first-order valence-electron chi connectivity index (χ1n) is 6.18. The Morgan fingerprint density at radius 2 is 2.18 bits per heavy atom. The summed E-state index contributed by atoms with van der Waals surface area (Å²) in [5.41, 5.74) is 1.26. The molecule has 2 nitrogen and oxygen atoms in total. The van der Waals surface area contributed by atoms with Crippen molar-refractivity contribution in [3.05, 3.63) is 42.6 Å². The molecule has 0 amide bonds. The van der Waals surface area contributed by atoms with Crippen molar-refractivity contribution in [3.63, 3.8) is 0 Å². The molecule has 2 aromatic rings. The molecule has 0 aliphatic rings. The van der Waals surface area contributed by atoms with Gasteiger partial charge in [-0.25, -0.2) is 0 Å². The fourth-order valence-electron chi connectivity index (χ4n) is 1.87. The molecular weight excluding hydrogens is 210 g/mol. The number of ether oxygens (including phenoxy) is 1. The van der Waals surface area contributed by atoms with Crippen molar-refractivity contribution in [2.24, 2.45) is 0 Å². The van der Waals surface area contributed by atoms with Crippen molar-refractivity contribution in [1.29, 1.82) is 0 Å². The van der Waals surface area contributed by atoms with Crippen LogP contribution in [0.3, 0.4) is 0 Å². The summed E-state index contributed by atoms with van der Waals surface area (Å²) in [7, 11) is 0. The summed E-state index contributed by atoms with van der Waals surface area (Å²) in [5, 5.41) is 1.24. The van der Waals surface area contributed by atoms with Gasteiger partial charge in [0.15, 0.2) is 0 Å². The number of allylic oxidation sites excluding steroid dienone is 2. The van der Waals surface area contributed by atoms with Crippen LogP contribution in [0.25, 0.3) is 10.9 Å². The van der Waals surface area contributed by atoms with E-state index in [1.165, 1.54) is 10.9 Å². The van der Waals surface area contributed by atoms with Gasteiger partial charge >= 0.3 is 0 Å². The van der Waals surface area contributed by atoms with Gasteiger partial charge in [0.1, 0.15) is 5.75 Å². The molecule has 2 rings (SSSR count). The minimum Gasteiger partial charge on any atom is -0.494 e. The highest BCUT2D eigenvalue weighted by atomic mass is 16.5. The summed E-state index contributed by atoms with van der Waals surface area (Å²) in [6, 6.07) is 8.42. The van der Waals surface area contributed by atoms with Crippen molar-refractivity contribution < 1.29 is 4.74 Å². The summed E-state index contributed by atoms with van der Waals surface area (Å²) < 4.78 is 7.87. The van der Waals surface area contributed by atoms with E-state index in [9.17, 15) is 0 Å². The Morgan fingerprint density at radius 1 is 1.29 bits per heavy atom. The molecule has 0 saturated carbocycles. The number of hydrogen-bond donors (Lipinski definition) is 0. The molecule has 0 N–H and O–H groups in total. The van der Waals surface area contributed by atoms with Crippen LogP contribution < -0.4 is 4.74 Å². The second-order valence-corrected chi connectivity index (χ2v) is 4.11. The first-order valence-corrected chi connectivity index (χ1v) is 6.18. The zero-order valence-electron chi connectivity index (χ0n) is 10.5. The van der Waals surface area contributed by atoms with E-state index in [1.807, 2.05) is 13.0 Å². The van der Waals surface area contributed by atoms with Crippen molar-refractivity contribution in [1.82, 2.24) is 4.57 Å². The third-order valence-electron chi connectivity index (χ3n) is 2.75. The molecule has 0 fully saturated rings. The van der Waals surface area contributed by atoms with Crippen molar-refractivity contribution in [2.45, 2.75) is 26.8 Å². The van der Waals surface area contributed by atoms with Crippen molar-refractivity contribution in [3.8, 4) is 5.75 Å². The molecule has 17 heavy (non-hydrogen) atoms. The first kappa shape index (κ1) is 11.8. The van der Waals surface area contributed by atoms with Crippen LogP contribution in [-0.2, 0) is 6.54 Å². The summed E-state index contributed by atoms with van der Waals surface area (Å²) in [5.74, 6) is 0.961. The number of hydrogen-bond acceptors (Lipinski definition) is 1. The minimum absolute atomic E-state index is 0.783. The maximum absolute atomic E-state index is 5.63. The van der Waals surface area contributed by atoms with Crippen LogP contribution in [0.2, 0.25) is 0 Å². The molecule has 0 radical (unpaired) electrons. The standard InChI is InChI=1S/C15H19NO/c1-3-5-9-16-10-8-13-12-14(17-11-4-2)6-7-15(13)16/h3,5-8,10,12H,4,9,11H2,1-2H3/b5-3+. The quantitative estimate of drug-likeness (QED) is 0.707. The highest BCUT2D eigenvalue weighted by Crippen LogP contribution is 2.22. The maximum atomic E-state index is 5.63. The van der Waals surface area contributed by atoms with Gasteiger partial charge in [-0.1, -0.05) is 19.1 Å². The zero-order valence-corrected chi connectivity index (χ0v) is 10.5. The number of rotatable bonds is 5. The van der Waals surface area contributed by atoms with Crippen LogP contribution in [-0.4, -0.2) is 11.2 Å². The Kier molecular flexibility index (Phi) is 3.86. The average Bonchev–Trinajstić information content (AvgIpc) is 2.76. The molecule has 0 aliphatic carbocycles. The van der Waals surface area contributed by atoms with E-state index in [2.05, 4.69) is 48.0 Å². The third kappa shape index (κ3) is 2.70. The molecule has 1 aromatic heterocycles. The second-order valence-electron chi connectivity index (χ2n) is 4.11. The average molecular weight is 229 g/mol. The topological polar surface area (TPSA) is 14.2 Å². The van der Waals surface area contributed by atoms with Crippen molar-refractivity contribution in [2.75, 3.05) is 6.61 Å². The molecule has 90 valence electrons. The van der Waals surface area contributed by atoms with Crippen molar-refractivity contribution >= 4 is 10.9 Å². The van der Waals surface area contributed by atoms with Crippen LogP contribution in [0, 0.1) is 0 Å². The van der Waals surface area contributed by atoms with E-state index >= 15 is 0 Å². The summed E-state index contributed by atoms with van der Waals surface area (Å²) in [6.07, 6.45) is 7.39. The number of benzene rings is 1. The monoisotopic (exact) mass is 229 g/mol. The predicted octanol–water partition coefficient (Wildman–Crippen LogP) is 4.01. The number of aromatic nitrogens is 1. The van der Waals surface area contributed by atoms with Gasteiger partial charge in [-0.2, -0.15) is 0 Å². The van der Waals surface area contributed by atoms with Crippen LogP contribution in [0.5, 0.6) is 5.75 Å². The largest absolute Gasteiger partial charge is 0.494 e. The molecule has 1 aromatic carbocycles. The predicted molar refractivity (Wildman–Crippen MR) is 72.5 cm³/mol. The van der Waals surface area contributed by atoms with E-state index in [4.69, 9.17) is 4.74 Å². The van der Waals surface area contributed by atoms with Crippen LogP contribution in [0.1, 0.15) is 20.3 Å². The molecule has 0 aliphatic heterocycles. The van der Waals surface area contributed by atoms with Gasteiger partial charge < -0.3 is 9.30 Å². The molecule has 0 atom stereocenters. The summed E-state index contributed by atoms with van der Waals surface area (Å²) in [4.78, 5) is 0. The number of nitrogens with zero attached hydrogens (tertiary/aromatic N) is 1. The lowest BCUT2D eigenvalue weighted by molar-refractivity contribution is 0.318. The van der Waals surface area contributed by atoms with Gasteiger partial charge in [0, 0.05) is 23.6 Å². The lowest BCUT2D eigenvalue weighted by atomic mass is 10.2. The van der Waals surface area contributed by atoms with E-state index in [0.29, 0.717) is 0 Å². The van der Waals surface area contributed by atoms with Gasteiger partial charge in [-0.3, -0.25) is 0 Å². The van der Waals surface area contributed by atoms with Crippen LogP contribution >= 0.6 is 0 Å². The SMILES string of the molecule is C/C=C/Cn1ccc2cc(OCCC)ccc21. The molecule has 0 saturated heterocycles. The van der Waals surface area contributed by atoms with E-state index in [-0.39, 0.29) is 0 Å². The number of fused-ring (bicyclic) bond motifs is 1. The Bertz CT molecular complexity index is 511. The van der Waals surface area contributed by atoms with Gasteiger partial charge in [0.05, 0.1) is 6.61 Å². The Morgan fingerprint density at radius 3 is 2.94 bits per heavy atom. The van der Waals surface area contributed by atoms with Gasteiger partial charge in [-0.05, 0) is 37.6 Å². The smallest absolute Gasteiger partial charge is 0.120 e. The molecular formula is C15H19NO. The fraction of sp³-hybridized carbons (Fsp3) is 0.333. The Labute approximate surface area is 103 Å². The third-order valence-corrected chi connectivity index (χ3v) is 2.75. The Hall–Kier alpha value is -1.70. The van der Waals surface area contributed by atoms with Crippen LogP contribution in [0.15, 0.2) is 42.6 Å². The lowest BCUT2D eigenvalue weighted by Crippen LogP contribution is -1.95. The van der Waals surface area contributed by atoms with Gasteiger partial charge in [0.25, 0.3) is 0 Å².